The topological polar surface area (TPSA) is 32.7 Å². The minimum absolute atomic E-state index is 0.210. The summed E-state index contributed by atoms with van der Waals surface area (Å²) in [6, 6.07) is 12.6. The molecule has 29 heavy (non-hydrogen) atoms. The highest BCUT2D eigenvalue weighted by molar-refractivity contribution is 7.99. The Kier molecular flexibility index (Phi) is 6.79. The van der Waals surface area contributed by atoms with Crippen LogP contribution < -0.4 is 0 Å². The van der Waals surface area contributed by atoms with Gasteiger partial charge in [-0.1, -0.05) is 73.1 Å². The summed E-state index contributed by atoms with van der Waals surface area (Å²) in [6.07, 6.45) is 0.503. The monoisotopic (exact) mass is 451 g/mol. The third-order valence-electron chi connectivity index (χ3n) is 5.88. The summed E-state index contributed by atoms with van der Waals surface area (Å²) < 4.78 is 5.39. The Balaban J connectivity index is 1.50. The third kappa shape index (κ3) is 4.63. The Morgan fingerprint density at radius 1 is 1.03 bits per heavy atom. The van der Waals surface area contributed by atoms with Gasteiger partial charge in [-0.2, -0.15) is 0 Å². The van der Waals surface area contributed by atoms with Crippen LogP contribution in [0.2, 0.25) is 10.0 Å². The Morgan fingerprint density at radius 2 is 1.76 bits per heavy atom. The van der Waals surface area contributed by atoms with E-state index in [1.54, 1.807) is 11.8 Å². The summed E-state index contributed by atoms with van der Waals surface area (Å²) in [5.74, 6) is 0.919. The van der Waals surface area contributed by atoms with Crippen molar-refractivity contribution in [1.29, 1.82) is 0 Å². The molecule has 156 valence electrons. The number of nitrogens with zero attached hydrogens (tertiary/aromatic N) is 1. The molecule has 2 fully saturated rings. The Morgan fingerprint density at radius 3 is 2.48 bits per heavy atom. The molecule has 1 aliphatic heterocycles. The van der Waals surface area contributed by atoms with E-state index >= 15 is 0 Å². The predicted octanol–water partition coefficient (Wildman–Crippen LogP) is 6.02. The Bertz CT molecular complexity index is 870. The molecule has 1 saturated heterocycles. The molecule has 4 rings (SSSR count). The summed E-state index contributed by atoms with van der Waals surface area (Å²) >= 11 is 15.0. The van der Waals surface area contributed by atoms with E-state index < -0.39 is 6.23 Å². The first-order valence-corrected chi connectivity index (χ1v) is 11.8. The minimum Gasteiger partial charge on any atom is -0.379 e. The van der Waals surface area contributed by atoms with Crippen LogP contribution in [0.25, 0.3) is 0 Å². The Hall–Kier alpha value is -0.750. The SMILES string of the molecule is CC(C)c1ccccc1Sc1ccc(C2CC2C(O)N2CCOCC2)c(Cl)c1Cl. The summed E-state index contributed by atoms with van der Waals surface area (Å²) in [7, 11) is 0. The normalized spacial score (nSPS) is 23.4. The van der Waals surface area contributed by atoms with Crippen LogP contribution >= 0.6 is 35.0 Å². The van der Waals surface area contributed by atoms with E-state index in [1.165, 1.54) is 10.5 Å². The zero-order chi connectivity index (χ0) is 20.5. The zero-order valence-electron chi connectivity index (χ0n) is 16.8. The molecule has 1 heterocycles. The van der Waals surface area contributed by atoms with E-state index in [2.05, 4.69) is 55.1 Å². The van der Waals surface area contributed by atoms with Gasteiger partial charge >= 0.3 is 0 Å². The zero-order valence-corrected chi connectivity index (χ0v) is 19.1. The smallest absolute Gasteiger partial charge is 0.111 e. The highest BCUT2D eigenvalue weighted by atomic mass is 35.5. The predicted molar refractivity (Wildman–Crippen MR) is 120 cm³/mol. The van der Waals surface area contributed by atoms with Gasteiger partial charge in [-0.3, -0.25) is 4.90 Å². The molecule has 0 bridgehead atoms. The van der Waals surface area contributed by atoms with Crippen LogP contribution in [0.3, 0.4) is 0 Å². The van der Waals surface area contributed by atoms with Gasteiger partial charge in [-0.05, 0) is 41.5 Å². The number of morpholine rings is 1. The molecule has 2 aromatic rings. The largest absolute Gasteiger partial charge is 0.379 e. The maximum atomic E-state index is 10.7. The van der Waals surface area contributed by atoms with Crippen molar-refractivity contribution in [3.8, 4) is 0 Å². The molecule has 1 N–H and O–H groups in total. The summed E-state index contributed by atoms with van der Waals surface area (Å²) in [5, 5.41) is 12.0. The molecule has 0 spiro atoms. The summed E-state index contributed by atoms with van der Waals surface area (Å²) in [5.41, 5.74) is 2.36. The molecule has 3 nitrogen and oxygen atoms in total. The van der Waals surface area contributed by atoms with Crippen LogP contribution in [-0.2, 0) is 4.74 Å². The number of hydrogen-bond acceptors (Lipinski definition) is 4. The minimum atomic E-state index is -0.439. The lowest BCUT2D eigenvalue weighted by atomic mass is 10.0. The number of aliphatic hydroxyl groups is 1. The van der Waals surface area contributed by atoms with Crippen LogP contribution in [0.4, 0.5) is 0 Å². The number of aliphatic hydroxyl groups excluding tert-OH is 1. The van der Waals surface area contributed by atoms with E-state index in [4.69, 9.17) is 27.9 Å². The lowest BCUT2D eigenvalue weighted by molar-refractivity contribution is -0.0691. The second-order valence-electron chi connectivity index (χ2n) is 8.14. The van der Waals surface area contributed by atoms with Gasteiger partial charge in [0.15, 0.2) is 0 Å². The van der Waals surface area contributed by atoms with Crippen molar-refractivity contribution in [2.75, 3.05) is 26.3 Å². The quantitative estimate of drug-likeness (QED) is 0.581. The molecule has 3 unspecified atom stereocenters. The van der Waals surface area contributed by atoms with Crippen molar-refractivity contribution in [2.45, 2.75) is 48.1 Å². The third-order valence-corrected chi connectivity index (χ3v) is 8.04. The van der Waals surface area contributed by atoms with Gasteiger partial charge in [0, 0.05) is 28.8 Å². The van der Waals surface area contributed by atoms with Crippen molar-refractivity contribution < 1.29 is 9.84 Å². The molecule has 2 aromatic carbocycles. The fraction of sp³-hybridized carbons (Fsp3) is 0.478. The van der Waals surface area contributed by atoms with Gasteiger partial charge in [0.1, 0.15) is 6.23 Å². The van der Waals surface area contributed by atoms with Crippen molar-refractivity contribution in [1.82, 2.24) is 4.90 Å². The number of rotatable bonds is 6. The standard InChI is InChI=1S/C23H27Cl2NO2S/c1-14(2)15-5-3-4-6-19(15)29-20-8-7-16(21(24)22(20)25)17-13-18(17)23(27)26-9-11-28-12-10-26/h3-8,14,17-18,23,27H,9-13H2,1-2H3. The summed E-state index contributed by atoms with van der Waals surface area (Å²) in [4.78, 5) is 4.29. The van der Waals surface area contributed by atoms with Gasteiger partial charge in [0.05, 0.1) is 23.3 Å². The van der Waals surface area contributed by atoms with Gasteiger partial charge in [0.2, 0.25) is 0 Å². The second kappa shape index (κ2) is 9.17. The van der Waals surface area contributed by atoms with E-state index in [0.717, 1.165) is 30.0 Å². The lowest BCUT2D eigenvalue weighted by Crippen LogP contribution is -2.44. The molecular formula is C23H27Cl2NO2S. The van der Waals surface area contributed by atoms with Crippen molar-refractivity contribution in [2.24, 2.45) is 5.92 Å². The second-order valence-corrected chi connectivity index (χ2v) is 9.98. The van der Waals surface area contributed by atoms with Crippen LogP contribution in [0.5, 0.6) is 0 Å². The average Bonchev–Trinajstić information content (AvgIpc) is 3.52. The van der Waals surface area contributed by atoms with Gasteiger partial charge in [0.25, 0.3) is 0 Å². The molecular weight excluding hydrogens is 425 g/mol. The highest BCUT2D eigenvalue weighted by Gasteiger charge is 2.46. The molecule has 1 saturated carbocycles. The number of hydrogen-bond donors (Lipinski definition) is 1. The lowest BCUT2D eigenvalue weighted by Gasteiger charge is -2.31. The average molecular weight is 452 g/mol. The molecule has 2 aliphatic rings. The maximum Gasteiger partial charge on any atom is 0.111 e. The van der Waals surface area contributed by atoms with Gasteiger partial charge < -0.3 is 9.84 Å². The fourth-order valence-corrected chi connectivity index (χ4v) is 5.88. The van der Waals surface area contributed by atoms with E-state index in [9.17, 15) is 5.11 Å². The van der Waals surface area contributed by atoms with E-state index in [0.29, 0.717) is 29.2 Å². The van der Waals surface area contributed by atoms with Crippen LogP contribution in [-0.4, -0.2) is 42.5 Å². The highest BCUT2D eigenvalue weighted by Crippen LogP contribution is 2.54. The first kappa shape index (κ1) is 21.5. The van der Waals surface area contributed by atoms with Crippen molar-refractivity contribution in [3.63, 3.8) is 0 Å². The van der Waals surface area contributed by atoms with Crippen molar-refractivity contribution in [3.05, 3.63) is 57.6 Å². The molecule has 0 amide bonds. The maximum absolute atomic E-state index is 10.7. The van der Waals surface area contributed by atoms with Crippen LogP contribution in [0.15, 0.2) is 46.2 Å². The van der Waals surface area contributed by atoms with Crippen LogP contribution in [0, 0.1) is 5.92 Å². The summed E-state index contributed by atoms with van der Waals surface area (Å²) in [6.45, 7) is 7.33. The number of ether oxygens (including phenoxy) is 1. The van der Waals surface area contributed by atoms with Gasteiger partial charge in [-0.25, -0.2) is 0 Å². The van der Waals surface area contributed by atoms with E-state index in [1.807, 2.05) is 0 Å². The molecule has 1 aliphatic carbocycles. The molecule has 0 aromatic heterocycles. The first-order valence-electron chi connectivity index (χ1n) is 10.2. The van der Waals surface area contributed by atoms with E-state index in [-0.39, 0.29) is 11.8 Å². The van der Waals surface area contributed by atoms with Crippen LogP contribution in [0.1, 0.15) is 43.2 Å². The van der Waals surface area contributed by atoms with Crippen molar-refractivity contribution >= 4 is 35.0 Å². The molecule has 6 heteroatoms. The first-order chi connectivity index (χ1) is 14.0. The number of benzene rings is 2. The molecule has 0 radical (unpaired) electrons. The van der Waals surface area contributed by atoms with Gasteiger partial charge in [-0.15, -0.1) is 0 Å². The number of halogens is 2. The Labute approximate surface area is 187 Å². The molecule has 3 atom stereocenters. The fourth-order valence-electron chi connectivity index (χ4n) is 4.10.